The highest BCUT2D eigenvalue weighted by atomic mass is 16.5. The Labute approximate surface area is 96.4 Å². The summed E-state index contributed by atoms with van der Waals surface area (Å²) in [5.74, 6) is -0.398. The van der Waals surface area contributed by atoms with E-state index in [1.807, 2.05) is 6.08 Å². The largest absolute Gasteiger partial charge is 0.465 e. The van der Waals surface area contributed by atoms with Crippen LogP contribution in [0, 0.1) is 16.7 Å². The van der Waals surface area contributed by atoms with Crippen molar-refractivity contribution in [2.24, 2.45) is 5.41 Å². The lowest BCUT2D eigenvalue weighted by molar-refractivity contribution is -0.149. The molecule has 0 radical (unpaired) electrons. The van der Waals surface area contributed by atoms with Gasteiger partial charge in [0.15, 0.2) is 5.41 Å². The van der Waals surface area contributed by atoms with Gasteiger partial charge >= 0.3 is 5.97 Å². The number of nitrogens with zero attached hydrogens (tertiary/aromatic N) is 1. The van der Waals surface area contributed by atoms with Crippen LogP contribution in [0.3, 0.4) is 0 Å². The van der Waals surface area contributed by atoms with Crippen molar-refractivity contribution in [2.45, 2.75) is 32.6 Å². The number of rotatable bonds is 4. The Kier molecular flexibility index (Phi) is 4.30. The molecule has 0 aromatic rings. The van der Waals surface area contributed by atoms with E-state index in [1.165, 1.54) is 0 Å². The molecule has 1 fully saturated rings. The first-order chi connectivity index (χ1) is 7.71. The lowest BCUT2D eigenvalue weighted by Gasteiger charge is -2.20. The van der Waals surface area contributed by atoms with E-state index in [-0.39, 0.29) is 0 Å². The molecule has 1 atom stereocenters. The van der Waals surface area contributed by atoms with Crippen LogP contribution >= 0.6 is 0 Å². The van der Waals surface area contributed by atoms with Crippen molar-refractivity contribution in [1.29, 1.82) is 5.26 Å². The van der Waals surface area contributed by atoms with Crippen molar-refractivity contribution in [1.82, 2.24) is 0 Å². The number of esters is 1. The Balaban J connectivity index is 2.98. The number of carbonyl (C=O) groups excluding carboxylic acids is 1. The summed E-state index contributed by atoms with van der Waals surface area (Å²) in [6.07, 6.45) is 6.64. The lowest BCUT2D eigenvalue weighted by atomic mass is 9.83. The van der Waals surface area contributed by atoms with Crippen molar-refractivity contribution in [3.63, 3.8) is 0 Å². The second kappa shape index (κ2) is 5.50. The highest BCUT2D eigenvalue weighted by molar-refractivity contribution is 5.84. The molecular formula is C13H17NO2. The molecule has 86 valence electrons. The third-order valence-corrected chi connectivity index (χ3v) is 2.89. The first-order valence-corrected chi connectivity index (χ1v) is 5.60. The van der Waals surface area contributed by atoms with Gasteiger partial charge < -0.3 is 4.74 Å². The molecule has 1 aliphatic carbocycles. The molecule has 0 bridgehead atoms. The van der Waals surface area contributed by atoms with Gasteiger partial charge in [0, 0.05) is 0 Å². The second-order valence-electron chi connectivity index (χ2n) is 3.84. The van der Waals surface area contributed by atoms with Crippen LogP contribution in [0.5, 0.6) is 0 Å². The Morgan fingerprint density at radius 3 is 3.06 bits per heavy atom. The van der Waals surface area contributed by atoms with Crippen molar-refractivity contribution < 1.29 is 9.53 Å². The van der Waals surface area contributed by atoms with Crippen LogP contribution < -0.4 is 0 Å². The van der Waals surface area contributed by atoms with Crippen LogP contribution in [0.15, 0.2) is 24.3 Å². The van der Waals surface area contributed by atoms with Gasteiger partial charge in [0.2, 0.25) is 0 Å². The third kappa shape index (κ3) is 2.16. The molecule has 1 unspecified atom stereocenters. The van der Waals surface area contributed by atoms with Gasteiger partial charge in [-0.05, 0) is 38.2 Å². The molecule has 0 aromatic heterocycles. The normalized spacial score (nSPS) is 26.4. The quantitative estimate of drug-likeness (QED) is 0.539. The number of nitriles is 1. The number of hydrogen-bond acceptors (Lipinski definition) is 3. The minimum absolute atomic E-state index is 0.316. The fourth-order valence-electron chi connectivity index (χ4n) is 2.08. The molecule has 1 rings (SSSR count). The summed E-state index contributed by atoms with van der Waals surface area (Å²) in [5.41, 5.74) is -0.132. The van der Waals surface area contributed by atoms with Gasteiger partial charge in [0.25, 0.3) is 0 Å². The summed E-state index contributed by atoms with van der Waals surface area (Å²) in [4.78, 5) is 11.9. The molecule has 0 amide bonds. The maximum atomic E-state index is 11.9. The summed E-state index contributed by atoms with van der Waals surface area (Å²) in [6, 6.07) is 2.14. The highest BCUT2D eigenvalue weighted by Crippen LogP contribution is 2.43. The average molecular weight is 219 g/mol. The topological polar surface area (TPSA) is 50.1 Å². The highest BCUT2D eigenvalue weighted by Gasteiger charge is 2.46. The third-order valence-electron chi connectivity index (χ3n) is 2.89. The summed E-state index contributed by atoms with van der Waals surface area (Å²) < 4.78 is 5.00. The van der Waals surface area contributed by atoms with Gasteiger partial charge in [0.05, 0.1) is 12.7 Å². The summed E-state index contributed by atoms with van der Waals surface area (Å²) >= 11 is 0. The first-order valence-electron chi connectivity index (χ1n) is 5.60. The number of carbonyl (C=O) groups is 1. The predicted octanol–water partition coefficient (Wildman–Crippen LogP) is 2.75. The Morgan fingerprint density at radius 2 is 2.50 bits per heavy atom. The second-order valence-corrected chi connectivity index (χ2v) is 3.84. The molecule has 1 aliphatic rings. The van der Waals surface area contributed by atoms with Crippen LogP contribution in [-0.4, -0.2) is 12.6 Å². The van der Waals surface area contributed by atoms with Gasteiger partial charge in [0.1, 0.15) is 0 Å². The van der Waals surface area contributed by atoms with E-state index < -0.39 is 11.4 Å². The zero-order valence-corrected chi connectivity index (χ0v) is 9.66. The molecule has 0 saturated heterocycles. The summed E-state index contributed by atoms with van der Waals surface area (Å²) in [6.45, 7) is 5.70. The van der Waals surface area contributed by atoms with Crippen LogP contribution in [-0.2, 0) is 9.53 Å². The Bertz CT molecular complexity index is 351. The molecule has 1 saturated carbocycles. The maximum Gasteiger partial charge on any atom is 0.330 e. The first kappa shape index (κ1) is 12.5. The average Bonchev–Trinajstić information content (AvgIpc) is 2.70. The molecule has 0 heterocycles. The molecule has 3 heteroatoms. The van der Waals surface area contributed by atoms with Gasteiger partial charge in [-0.25, -0.2) is 4.79 Å². The number of allylic oxidation sites excluding steroid dienone is 2. The van der Waals surface area contributed by atoms with E-state index in [4.69, 9.17) is 4.74 Å². The van der Waals surface area contributed by atoms with Crippen molar-refractivity contribution >= 4 is 5.97 Å². The zero-order chi connectivity index (χ0) is 12.0. The SMILES string of the molecule is C=CC/C=C1\CCCC1(C#N)C(=O)OCC. The molecule has 0 spiro atoms. The van der Waals surface area contributed by atoms with Gasteiger partial charge in [-0.15, -0.1) is 6.58 Å². The Morgan fingerprint density at radius 1 is 1.75 bits per heavy atom. The van der Waals surface area contributed by atoms with E-state index >= 15 is 0 Å². The van der Waals surface area contributed by atoms with E-state index in [1.54, 1.807) is 13.0 Å². The fourth-order valence-corrected chi connectivity index (χ4v) is 2.08. The van der Waals surface area contributed by atoms with Crippen LogP contribution in [0.1, 0.15) is 32.6 Å². The lowest BCUT2D eigenvalue weighted by Crippen LogP contribution is -2.30. The monoisotopic (exact) mass is 219 g/mol. The van der Waals surface area contributed by atoms with Crippen molar-refractivity contribution in [3.05, 3.63) is 24.3 Å². The fraction of sp³-hybridized carbons (Fsp3) is 0.538. The van der Waals surface area contributed by atoms with E-state index in [9.17, 15) is 10.1 Å². The smallest absolute Gasteiger partial charge is 0.330 e. The predicted molar refractivity (Wildman–Crippen MR) is 61.4 cm³/mol. The summed E-state index contributed by atoms with van der Waals surface area (Å²) in [7, 11) is 0. The van der Waals surface area contributed by atoms with E-state index in [0.717, 1.165) is 18.4 Å². The minimum Gasteiger partial charge on any atom is -0.465 e. The van der Waals surface area contributed by atoms with Crippen LogP contribution in [0.25, 0.3) is 0 Å². The summed E-state index contributed by atoms with van der Waals surface area (Å²) in [5, 5.41) is 9.27. The van der Waals surface area contributed by atoms with Gasteiger partial charge in [-0.1, -0.05) is 12.2 Å². The molecule has 0 aromatic carbocycles. The maximum absolute atomic E-state index is 11.9. The molecular weight excluding hydrogens is 202 g/mol. The van der Waals surface area contributed by atoms with Crippen LogP contribution in [0.4, 0.5) is 0 Å². The van der Waals surface area contributed by atoms with Crippen molar-refractivity contribution in [2.75, 3.05) is 6.61 Å². The number of ether oxygens (including phenoxy) is 1. The number of hydrogen-bond donors (Lipinski definition) is 0. The van der Waals surface area contributed by atoms with Crippen LogP contribution in [0.2, 0.25) is 0 Å². The van der Waals surface area contributed by atoms with E-state index in [0.29, 0.717) is 19.4 Å². The van der Waals surface area contributed by atoms with E-state index in [2.05, 4.69) is 12.6 Å². The zero-order valence-electron chi connectivity index (χ0n) is 9.66. The van der Waals surface area contributed by atoms with Crippen molar-refractivity contribution in [3.8, 4) is 6.07 Å². The molecule has 0 aliphatic heterocycles. The standard InChI is InChI=1S/C13H17NO2/c1-3-5-7-11-8-6-9-13(11,10-14)12(15)16-4-2/h3,7H,1,4-6,8-9H2,2H3/b11-7+. The van der Waals surface area contributed by atoms with Gasteiger partial charge in [-0.2, -0.15) is 5.26 Å². The molecule has 16 heavy (non-hydrogen) atoms. The molecule has 3 nitrogen and oxygen atoms in total. The molecule has 0 N–H and O–H groups in total. The Hall–Kier alpha value is -1.56. The van der Waals surface area contributed by atoms with Gasteiger partial charge in [-0.3, -0.25) is 0 Å². The minimum atomic E-state index is -1.03.